The normalized spacial score (nSPS) is 16.4. The number of piperidine rings is 1. The molecule has 0 amide bonds. The van der Waals surface area contributed by atoms with Gasteiger partial charge in [0.05, 0.1) is 24.8 Å². The summed E-state index contributed by atoms with van der Waals surface area (Å²) in [6, 6.07) is 8.36. The van der Waals surface area contributed by atoms with Crippen LogP contribution in [0.4, 0.5) is 5.69 Å². The number of para-hydroxylation sites is 1. The monoisotopic (exact) mass is 364 g/mol. The first-order chi connectivity index (χ1) is 10.8. The van der Waals surface area contributed by atoms with Crippen LogP contribution in [0.5, 0.6) is 0 Å². The molecule has 0 aliphatic carbocycles. The fourth-order valence-corrected chi connectivity index (χ4v) is 3.43. The van der Waals surface area contributed by atoms with E-state index < -0.39 is 0 Å². The van der Waals surface area contributed by atoms with Crippen molar-refractivity contribution in [1.82, 2.24) is 4.98 Å². The Kier molecular flexibility index (Phi) is 5.28. The number of aromatic nitrogens is 1. The minimum absolute atomic E-state index is 0.353. The molecule has 0 atom stereocenters. The number of methoxy groups -OCH3 is 1. The Morgan fingerprint density at radius 2 is 2.05 bits per heavy atom. The lowest BCUT2D eigenvalue weighted by Crippen LogP contribution is -2.37. The first kappa shape index (κ1) is 15.7. The van der Waals surface area contributed by atoms with E-state index in [2.05, 4.69) is 44.0 Å². The molecule has 0 saturated carbocycles. The molecule has 1 aliphatic rings. The number of benzene rings is 1. The molecule has 1 aliphatic heterocycles. The van der Waals surface area contributed by atoms with E-state index in [0.717, 1.165) is 35.9 Å². The molecular formula is C17H21BrN2O2. The summed E-state index contributed by atoms with van der Waals surface area (Å²) >= 11 is 3.59. The van der Waals surface area contributed by atoms with E-state index in [4.69, 9.17) is 9.47 Å². The van der Waals surface area contributed by atoms with E-state index in [0.29, 0.717) is 19.3 Å². The second kappa shape index (κ2) is 7.40. The number of hydrogen-bond acceptors (Lipinski definition) is 4. The Bertz CT molecular complexity index is 627. The molecule has 5 heteroatoms. The molecule has 2 aromatic rings. The van der Waals surface area contributed by atoms with Crippen LogP contribution in [0.3, 0.4) is 0 Å². The average Bonchev–Trinajstić information content (AvgIpc) is 2.56. The lowest BCUT2D eigenvalue weighted by Gasteiger charge is -2.34. The van der Waals surface area contributed by atoms with Gasteiger partial charge >= 0.3 is 0 Å². The SMILES string of the molecule is COCCOC1CCN(c2ccnc3c(Br)cccc23)CC1. The number of fused-ring (bicyclic) bond motifs is 1. The van der Waals surface area contributed by atoms with Crippen LogP contribution in [0, 0.1) is 0 Å². The minimum Gasteiger partial charge on any atom is -0.382 e. The van der Waals surface area contributed by atoms with Gasteiger partial charge in [-0.25, -0.2) is 0 Å². The van der Waals surface area contributed by atoms with E-state index in [1.807, 2.05) is 12.3 Å². The maximum atomic E-state index is 5.84. The van der Waals surface area contributed by atoms with Crippen molar-refractivity contribution in [3.63, 3.8) is 0 Å². The lowest BCUT2D eigenvalue weighted by atomic mass is 10.1. The summed E-state index contributed by atoms with van der Waals surface area (Å²) in [5.74, 6) is 0. The molecular weight excluding hydrogens is 344 g/mol. The van der Waals surface area contributed by atoms with E-state index in [9.17, 15) is 0 Å². The molecule has 1 fully saturated rings. The highest BCUT2D eigenvalue weighted by Crippen LogP contribution is 2.31. The van der Waals surface area contributed by atoms with Gasteiger partial charge in [-0.3, -0.25) is 4.98 Å². The molecule has 0 bridgehead atoms. The zero-order valence-corrected chi connectivity index (χ0v) is 14.4. The van der Waals surface area contributed by atoms with Gasteiger partial charge in [0.1, 0.15) is 0 Å². The molecule has 1 saturated heterocycles. The first-order valence-corrected chi connectivity index (χ1v) is 8.47. The van der Waals surface area contributed by atoms with Crippen LogP contribution in [0.25, 0.3) is 10.9 Å². The summed E-state index contributed by atoms with van der Waals surface area (Å²) in [6.45, 7) is 3.39. The first-order valence-electron chi connectivity index (χ1n) is 7.68. The summed E-state index contributed by atoms with van der Waals surface area (Å²) in [7, 11) is 1.71. The van der Waals surface area contributed by atoms with Crippen molar-refractivity contribution in [2.75, 3.05) is 38.3 Å². The van der Waals surface area contributed by atoms with E-state index in [1.54, 1.807) is 7.11 Å². The Morgan fingerprint density at radius 1 is 1.23 bits per heavy atom. The zero-order valence-electron chi connectivity index (χ0n) is 12.8. The van der Waals surface area contributed by atoms with Crippen LogP contribution in [-0.4, -0.2) is 44.5 Å². The van der Waals surface area contributed by atoms with Gasteiger partial charge in [-0.05, 0) is 40.9 Å². The number of hydrogen-bond donors (Lipinski definition) is 0. The number of anilines is 1. The summed E-state index contributed by atoms with van der Waals surface area (Å²) in [6.07, 6.45) is 4.36. The van der Waals surface area contributed by atoms with Crippen LogP contribution in [0.2, 0.25) is 0 Å². The molecule has 118 valence electrons. The van der Waals surface area contributed by atoms with Gasteiger partial charge < -0.3 is 14.4 Å². The third-order valence-electron chi connectivity index (χ3n) is 4.12. The number of halogens is 1. The van der Waals surface area contributed by atoms with Gasteiger partial charge in [-0.15, -0.1) is 0 Å². The van der Waals surface area contributed by atoms with Gasteiger partial charge in [-0.2, -0.15) is 0 Å². The predicted molar refractivity (Wildman–Crippen MR) is 92.5 cm³/mol. The predicted octanol–water partition coefficient (Wildman–Crippen LogP) is 3.63. The molecule has 3 rings (SSSR count). The van der Waals surface area contributed by atoms with Gasteiger partial charge in [-0.1, -0.05) is 12.1 Å². The Morgan fingerprint density at radius 3 is 2.82 bits per heavy atom. The quantitative estimate of drug-likeness (QED) is 0.758. The van der Waals surface area contributed by atoms with Crippen molar-refractivity contribution in [1.29, 1.82) is 0 Å². The zero-order chi connectivity index (χ0) is 15.4. The molecule has 0 spiro atoms. The average molecular weight is 365 g/mol. The maximum Gasteiger partial charge on any atom is 0.0864 e. The fraction of sp³-hybridized carbons (Fsp3) is 0.471. The molecule has 1 aromatic heterocycles. The standard InChI is InChI=1S/C17H21BrN2O2/c1-21-11-12-22-13-6-9-20(10-7-13)16-5-8-19-17-14(16)3-2-4-15(17)18/h2-5,8,13H,6-7,9-12H2,1H3. The van der Waals surface area contributed by atoms with Crippen molar-refractivity contribution in [3.8, 4) is 0 Å². The second-order valence-electron chi connectivity index (χ2n) is 5.52. The van der Waals surface area contributed by atoms with Gasteiger partial charge in [0.15, 0.2) is 0 Å². The van der Waals surface area contributed by atoms with Crippen molar-refractivity contribution < 1.29 is 9.47 Å². The van der Waals surface area contributed by atoms with Crippen molar-refractivity contribution in [2.45, 2.75) is 18.9 Å². The van der Waals surface area contributed by atoms with Crippen molar-refractivity contribution >= 4 is 32.5 Å². The third-order valence-corrected chi connectivity index (χ3v) is 4.76. The van der Waals surface area contributed by atoms with Gasteiger partial charge in [0, 0.05) is 41.9 Å². The Balaban J connectivity index is 1.70. The van der Waals surface area contributed by atoms with E-state index in [-0.39, 0.29) is 0 Å². The fourth-order valence-electron chi connectivity index (χ4n) is 2.96. The van der Waals surface area contributed by atoms with Crippen LogP contribution >= 0.6 is 15.9 Å². The molecule has 0 N–H and O–H groups in total. The third kappa shape index (κ3) is 3.42. The van der Waals surface area contributed by atoms with Crippen LogP contribution in [0.1, 0.15) is 12.8 Å². The highest BCUT2D eigenvalue weighted by Gasteiger charge is 2.21. The molecule has 1 aromatic carbocycles. The molecule has 22 heavy (non-hydrogen) atoms. The Labute approximate surface area is 139 Å². The molecule has 4 nitrogen and oxygen atoms in total. The molecule has 0 unspecified atom stereocenters. The molecule has 0 radical (unpaired) electrons. The summed E-state index contributed by atoms with van der Waals surface area (Å²) in [5, 5.41) is 1.20. The Hall–Kier alpha value is -1.17. The largest absolute Gasteiger partial charge is 0.382 e. The van der Waals surface area contributed by atoms with Gasteiger partial charge in [0.25, 0.3) is 0 Å². The van der Waals surface area contributed by atoms with Crippen molar-refractivity contribution in [3.05, 3.63) is 34.9 Å². The molecule has 2 heterocycles. The lowest BCUT2D eigenvalue weighted by molar-refractivity contribution is 0.00612. The summed E-state index contributed by atoms with van der Waals surface area (Å²) in [5.41, 5.74) is 2.29. The van der Waals surface area contributed by atoms with Crippen molar-refractivity contribution in [2.24, 2.45) is 0 Å². The summed E-state index contributed by atoms with van der Waals surface area (Å²) < 4.78 is 11.9. The number of ether oxygens (including phenoxy) is 2. The van der Waals surface area contributed by atoms with E-state index in [1.165, 1.54) is 11.1 Å². The second-order valence-corrected chi connectivity index (χ2v) is 6.37. The summed E-state index contributed by atoms with van der Waals surface area (Å²) in [4.78, 5) is 6.93. The number of rotatable bonds is 5. The van der Waals surface area contributed by atoms with Crippen LogP contribution in [-0.2, 0) is 9.47 Å². The van der Waals surface area contributed by atoms with E-state index >= 15 is 0 Å². The maximum absolute atomic E-state index is 5.84. The topological polar surface area (TPSA) is 34.6 Å². The smallest absolute Gasteiger partial charge is 0.0864 e. The van der Waals surface area contributed by atoms with Gasteiger partial charge in [0.2, 0.25) is 0 Å². The minimum atomic E-state index is 0.353. The number of nitrogens with zero attached hydrogens (tertiary/aromatic N) is 2. The highest BCUT2D eigenvalue weighted by atomic mass is 79.9. The number of pyridine rings is 1. The van der Waals surface area contributed by atoms with Crippen LogP contribution in [0.15, 0.2) is 34.9 Å². The van der Waals surface area contributed by atoms with Crippen LogP contribution < -0.4 is 4.90 Å². The highest BCUT2D eigenvalue weighted by molar-refractivity contribution is 9.10.